The minimum atomic E-state index is -4.65. The van der Waals surface area contributed by atoms with Gasteiger partial charge in [0.05, 0.1) is 10.6 Å². The average molecular weight is 400 g/mol. The molecule has 2 amide bonds. The molecule has 27 heavy (non-hydrogen) atoms. The standard InChI is InChI=1S/C18H17ClF3N3O2/c1-3-25(4-2)17(27)15-7-5-6-14(24-15)16(26)23-11-8-9-13(19)12(10-11)18(20,21)22/h5-10H,3-4H2,1-2H3,(H,23,26). The number of benzene rings is 1. The number of pyridine rings is 1. The van der Waals surface area contributed by atoms with Crippen LogP contribution in [0, 0.1) is 0 Å². The Bertz CT molecular complexity index is 852. The van der Waals surface area contributed by atoms with Crippen molar-refractivity contribution < 1.29 is 22.8 Å². The fraction of sp³-hybridized carbons (Fsp3) is 0.278. The first kappa shape index (κ1) is 20.7. The van der Waals surface area contributed by atoms with E-state index < -0.39 is 22.7 Å². The number of anilines is 1. The smallest absolute Gasteiger partial charge is 0.338 e. The van der Waals surface area contributed by atoms with Crippen LogP contribution in [0.3, 0.4) is 0 Å². The molecule has 0 spiro atoms. The highest BCUT2D eigenvalue weighted by atomic mass is 35.5. The van der Waals surface area contributed by atoms with Gasteiger partial charge in [0.2, 0.25) is 0 Å². The third-order valence-electron chi connectivity index (χ3n) is 3.78. The second kappa shape index (κ2) is 8.39. The van der Waals surface area contributed by atoms with Crippen LogP contribution in [0.15, 0.2) is 36.4 Å². The first-order valence-electron chi connectivity index (χ1n) is 8.11. The van der Waals surface area contributed by atoms with Crippen LogP contribution in [0.25, 0.3) is 0 Å². The lowest BCUT2D eigenvalue weighted by atomic mass is 10.2. The van der Waals surface area contributed by atoms with Gasteiger partial charge in [-0.3, -0.25) is 9.59 Å². The third kappa shape index (κ3) is 4.97. The van der Waals surface area contributed by atoms with Crippen LogP contribution < -0.4 is 5.32 Å². The van der Waals surface area contributed by atoms with E-state index in [9.17, 15) is 22.8 Å². The van der Waals surface area contributed by atoms with E-state index in [2.05, 4.69) is 10.3 Å². The van der Waals surface area contributed by atoms with Crippen LogP contribution in [-0.2, 0) is 6.18 Å². The van der Waals surface area contributed by atoms with E-state index in [1.54, 1.807) is 4.90 Å². The van der Waals surface area contributed by atoms with Gasteiger partial charge in [-0.15, -0.1) is 0 Å². The molecule has 144 valence electrons. The summed E-state index contributed by atoms with van der Waals surface area (Å²) in [4.78, 5) is 30.2. The molecule has 0 saturated carbocycles. The summed E-state index contributed by atoms with van der Waals surface area (Å²) >= 11 is 5.56. The molecule has 0 atom stereocenters. The number of nitrogens with zero attached hydrogens (tertiary/aromatic N) is 2. The lowest BCUT2D eigenvalue weighted by Gasteiger charge is -2.18. The predicted octanol–water partition coefficient (Wildman–Crippen LogP) is 4.49. The molecule has 0 aliphatic heterocycles. The van der Waals surface area contributed by atoms with Gasteiger partial charge in [0.1, 0.15) is 11.4 Å². The molecule has 0 aliphatic carbocycles. The molecular weight excluding hydrogens is 383 g/mol. The highest BCUT2D eigenvalue weighted by Crippen LogP contribution is 2.36. The number of aromatic nitrogens is 1. The molecule has 1 N–H and O–H groups in total. The van der Waals surface area contributed by atoms with Crippen LogP contribution in [0.1, 0.15) is 40.4 Å². The summed E-state index contributed by atoms with van der Waals surface area (Å²) in [6.45, 7) is 4.60. The van der Waals surface area contributed by atoms with Crippen molar-refractivity contribution in [3.63, 3.8) is 0 Å². The van der Waals surface area contributed by atoms with Gasteiger partial charge in [-0.1, -0.05) is 17.7 Å². The van der Waals surface area contributed by atoms with Gasteiger partial charge in [-0.2, -0.15) is 13.2 Å². The molecule has 5 nitrogen and oxygen atoms in total. The van der Waals surface area contributed by atoms with E-state index in [1.165, 1.54) is 24.3 Å². The minimum absolute atomic E-state index is 0.0819. The van der Waals surface area contributed by atoms with Gasteiger partial charge in [0, 0.05) is 18.8 Å². The van der Waals surface area contributed by atoms with Gasteiger partial charge in [-0.05, 0) is 44.2 Å². The summed E-state index contributed by atoms with van der Waals surface area (Å²) < 4.78 is 38.8. The summed E-state index contributed by atoms with van der Waals surface area (Å²) in [7, 11) is 0. The van der Waals surface area contributed by atoms with Crippen LogP contribution in [0.2, 0.25) is 5.02 Å². The van der Waals surface area contributed by atoms with E-state index in [0.29, 0.717) is 13.1 Å². The first-order chi connectivity index (χ1) is 12.7. The van der Waals surface area contributed by atoms with E-state index in [4.69, 9.17) is 11.6 Å². The van der Waals surface area contributed by atoms with E-state index >= 15 is 0 Å². The number of amides is 2. The molecule has 1 aromatic carbocycles. The molecule has 2 rings (SSSR count). The number of halogens is 4. The zero-order valence-electron chi connectivity index (χ0n) is 14.6. The minimum Gasteiger partial charge on any atom is -0.338 e. The molecule has 0 radical (unpaired) electrons. The van der Waals surface area contributed by atoms with Crippen molar-refractivity contribution in [2.75, 3.05) is 18.4 Å². The average Bonchev–Trinajstić information content (AvgIpc) is 2.63. The number of hydrogen-bond donors (Lipinski definition) is 1. The highest BCUT2D eigenvalue weighted by molar-refractivity contribution is 6.31. The summed E-state index contributed by atoms with van der Waals surface area (Å²) in [6.07, 6.45) is -4.65. The van der Waals surface area contributed by atoms with Crippen molar-refractivity contribution in [3.05, 3.63) is 58.4 Å². The van der Waals surface area contributed by atoms with Crippen molar-refractivity contribution in [1.29, 1.82) is 0 Å². The quantitative estimate of drug-likeness (QED) is 0.805. The Balaban J connectivity index is 2.25. The van der Waals surface area contributed by atoms with Crippen molar-refractivity contribution in [2.45, 2.75) is 20.0 Å². The van der Waals surface area contributed by atoms with Gasteiger partial charge in [0.15, 0.2) is 0 Å². The van der Waals surface area contributed by atoms with E-state index in [1.807, 2.05) is 13.8 Å². The molecule has 1 heterocycles. The Kier molecular flexibility index (Phi) is 6.43. The molecule has 9 heteroatoms. The van der Waals surface area contributed by atoms with Crippen LogP contribution >= 0.6 is 11.6 Å². The molecule has 0 unspecified atom stereocenters. The maximum absolute atomic E-state index is 12.9. The normalized spacial score (nSPS) is 11.2. The Morgan fingerprint density at radius 2 is 1.74 bits per heavy atom. The number of hydrogen-bond acceptors (Lipinski definition) is 3. The Hall–Kier alpha value is -2.61. The van der Waals surface area contributed by atoms with Crippen LogP contribution in [-0.4, -0.2) is 34.8 Å². The fourth-order valence-corrected chi connectivity index (χ4v) is 2.59. The molecule has 1 aromatic heterocycles. The molecule has 0 saturated heterocycles. The Morgan fingerprint density at radius 3 is 2.33 bits per heavy atom. The van der Waals surface area contributed by atoms with Gasteiger partial charge in [0.25, 0.3) is 11.8 Å². The third-order valence-corrected chi connectivity index (χ3v) is 4.11. The predicted molar refractivity (Wildman–Crippen MR) is 95.9 cm³/mol. The second-order valence-corrected chi connectivity index (χ2v) is 5.94. The van der Waals surface area contributed by atoms with Crippen molar-refractivity contribution in [1.82, 2.24) is 9.88 Å². The van der Waals surface area contributed by atoms with E-state index in [0.717, 1.165) is 12.1 Å². The lowest BCUT2D eigenvalue weighted by molar-refractivity contribution is -0.137. The molecule has 0 bridgehead atoms. The number of carbonyl (C=O) groups is 2. The number of carbonyl (C=O) groups excluding carboxylic acids is 2. The summed E-state index contributed by atoms with van der Waals surface area (Å²) in [5, 5.41) is 1.87. The second-order valence-electron chi connectivity index (χ2n) is 5.53. The summed E-state index contributed by atoms with van der Waals surface area (Å²) in [5.74, 6) is -1.07. The highest BCUT2D eigenvalue weighted by Gasteiger charge is 2.33. The van der Waals surface area contributed by atoms with Crippen molar-refractivity contribution in [3.8, 4) is 0 Å². The zero-order chi connectivity index (χ0) is 20.2. The van der Waals surface area contributed by atoms with Gasteiger partial charge < -0.3 is 10.2 Å². The lowest BCUT2D eigenvalue weighted by Crippen LogP contribution is -2.31. The van der Waals surface area contributed by atoms with Crippen molar-refractivity contribution in [2.24, 2.45) is 0 Å². The number of nitrogens with one attached hydrogen (secondary N) is 1. The molecule has 0 aliphatic rings. The van der Waals surface area contributed by atoms with Crippen LogP contribution in [0.4, 0.5) is 18.9 Å². The van der Waals surface area contributed by atoms with Gasteiger partial charge >= 0.3 is 6.18 Å². The Morgan fingerprint density at radius 1 is 1.11 bits per heavy atom. The number of alkyl halides is 3. The number of rotatable bonds is 5. The molecule has 2 aromatic rings. The monoisotopic (exact) mass is 399 g/mol. The van der Waals surface area contributed by atoms with E-state index in [-0.39, 0.29) is 23.0 Å². The Labute approximate surface area is 159 Å². The topological polar surface area (TPSA) is 62.3 Å². The fourth-order valence-electron chi connectivity index (χ4n) is 2.37. The summed E-state index contributed by atoms with van der Waals surface area (Å²) in [5.41, 5.74) is -1.14. The zero-order valence-corrected chi connectivity index (χ0v) is 15.4. The largest absolute Gasteiger partial charge is 0.417 e. The van der Waals surface area contributed by atoms with Crippen LogP contribution in [0.5, 0.6) is 0 Å². The first-order valence-corrected chi connectivity index (χ1v) is 8.49. The maximum Gasteiger partial charge on any atom is 0.417 e. The van der Waals surface area contributed by atoms with Crippen molar-refractivity contribution >= 4 is 29.1 Å². The summed E-state index contributed by atoms with van der Waals surface area (Å²) in [6, 6.07) is 7.37. The maximum atomic E-state index is 12.9. The SMILES string of the molecule is CCN(CC)C(=O)c1cccc(C(=O)Nc2ccc(Cl)c(C(F)(F)F)c2)n1. The van der Waals surface area contributed by atoms with Gasteiger partial charge in [-0.25, -0.2) is 4.98 Å². The molecular formula is C18H17ClF3N3O2. The molecule has 0 fully saturated rings.